The van der Waals surface area contributed by atoms with E-state index in [1.54, 1.807) is 55.6 Å². The van der Waals surface area contributed by atoms with Crippen LogP contribution in [0.5, 0.6) is 5.75 Å². The average molecular weight is 351 g/mol. The summed E-state index contributed by atoms with van der Waals surface area (Å²) in [5.41, 5.74) is 1.40. The van der Waals surface area contributed by atoms with E-state index < -0.39 is 6.04 Å². The number of nitrogens with zero attached hydrogens (tertiary/aromatic N) is 1. The van der Waals surface area contributed by atoms with Gasteiger partial charge in [-0.1, -0.05) is 19.9 Å². The molecule has 0 saturated carbocycles. The number of nitriles is 1. The van der Waals surface area contributed by atoms with Gasteiger partial charge in [0.2, 0.25) is 5.91 Å². The van der Waals surface area contributed by atoms with Gasteiger partial charge in [-0.3, -0.25) is 9.59 Å². The molecule has 0 aliphatic carbocycles. The van der Waals surface area contributed by atoms with Crippen molar-refractivity contribution in [3.8, 4) is 11.8 Å². The monoisotopic (exact) mass is 351 g/mol. The number of ether oxygens (including phenoxy) is 1. The summed E-state index contributed by atoms with van der Waals surface area (Å²) in [5.74, 6) is -0.141. The van der Waals surface area contributed by atoms with Crippen molar-refractivity contribution in [2.24, 2.45) is 5.92 Å². The Morgan fingerprint density at radius 3 is 2.38 bits per heavy atom. The van der Waals surface area contributed by atoms with Crippen LogP contribution in [0.25, 0.3) is 0 Å². The highest BCUT2D eigenvalue weighted by Crippen LogP contribution is 2.14. The predicted octanol–water partition coefficient (Wildman–Crippen LogP) is 2.96. The number of amides is 2. The Bertz CT molecular complexity index is 823. The SMILES string of the molecule is COc1ccc(C(=O)NC(C(=O)Nc2cccc(C#N)c2)C(C)C)cc1. The van der Waals surface area contributed by atoms with Crippen LogP contribution in [-0.4, -0.2) is 25.0 Å². The summed E-state index contributed by atoms with van der Waals surface area (Å²) < 4.78 is 5.07. The van der Waals surface area contributed by atoms with Crippen LogP contribution in [-0.2, 0) is 4.79 Å². The number of methoxy groups -OCH3 is 1. The van der Waals surface area contributed by atoms with Crippen molar-refractivity contribution in [3.05, 3.63) is 59.7 Å². The molecule has 6 heteroatoms. The second-order valence-corrected chi connectivity index (χ2v) is 6.11. The molecule has 1 atom stereocenters. The largest absolute Gasteiger partial charge is 0.497 e. The topological polar surface area (TPSA) is 91.2 Å². The molecule has 0 aliphatic heterocycles. The van der Waals surface area contributed by atoms with E-state index in [1.165, 1.54) is 0 Å². The normalized spacial score (nSPS) is 11.3. The first kappa shape index (κ1) is 19.0. The lowest BCUT2D eigenvalue weighted by molar-refractivity contribution is -0.118. The minimum absolute atomic E-state index is 0.114. The van der Waals surface area contributed by atoms with Crippen LogP contribution >= 0.6 is 0 Å². The minimum Gasteiger partial charge on any atom is -0.497 e. The summed E-state index contributed by atoms with van der Waals surface area (Å²) >= 11 is 0. The van der Waals surface area contributed by atoms with Gasteiger partial charge in [-0.05, 0) is 48.4 Å². The summed E-state index contributed by atoms with van der Waals surface area (Å²) in [6.45, 7) is 3.70. The fourth-order valence-corrected chi connectivity index (χ4v) is 2.39. The Labute approximate surface area is 152 Å². The maximum atomic E-state index is 12.6. The Hall–Kier alpha value is -3.33. The maximum absolute atomic E-state index is 12.6. The number of nitrogens with one attached hydrogen (secondary N) is 2. The van der Waals surface area contributed by atoms with Gasteiger partial charge in [-0.25, -0.2) is 0 Å². The third kappa shape index (κ3) is 4.84. The van der Waals surface area contributed by atoms with E-state index in [0.29, 0.717) is 22.6 Å². The molecule has 0 radical (unpaired) electrons. The lowest BCUT2D eigenvalue weighted by Crippen LogP contribution is -2.47. The lowest BCUT2D eigenvalue weighted by atomic mass is 10.0. The van der Waals surface area contributed by atoms with Crippen LogP contribution in [0.2, 0.25) is 0 Å². The molecule has 0 aliphatic rings. The molecule has 2 aromatic rings. The van der Waals surface area contributed by atoms with Crippen LogP contribution in [0, 0.1) is 17.2 Å². The molecule has 0 saturated heterocycles. The van der Waals surface area contributed by atoms with Gasteiger partial charge in [0.25, 0.3) is 5.91 Å². The molecule has 2 aromatic carbocycles. The zero-order valence-electron chi connectivity index (χ0n) is 14.9. The Balaban J connectivity index is 2.10. The van der Waals surface area contributed by atoms with E-state index >= 15 is 0 Å². The number of hydrogen-bond acceptors (Lipinski definition) is 4. The number of benzene rings is 2. The van der Waals surface area contributed by atoms with Crippen LogP contribution in [0.15, 0.2) is 48.5 Å². The highest BCUT2D eigenvalue weighted by Gasteiger charge is 2.24. The van der Waals surface area contributed by atoms with Gasteiger partial charge in [0.15, 0.2) is 0 Å². The maximum Gasteiger partial charge on any atom is 0.251 e. The molecule has 1 unspecified atom stereocenters. The van der Waals surface area contributed by atoms with Crippen molar-refractivity contribution < 1.29 is 14.3 Å². The minimum atomic E-state index is -0.713. The number of carbonyl (C=O) groups excluding carboxylic acids is 2. The quantitative estimate of drug-likeness (QED) is 0.837. The van der Waals surface area contributed by atoms with Crippen molar-refractivity contribution in [2.75, 3.05) is 12.4 Å². The summed E-state index contributed by atoms with van der Waals surface area (Å²) in [4.78, 5) is 25.0. The molecule has 6 nitrogen and oxygen atoms in total. The number of rotatable bonds is 6. The fourth-order valence-electron chi connectivity index (χ4n) is 2.39. The van der Waals surface area contributed by atoms with Crippen molar-refractivity contribution >= 4 is 17.5 Å². The van der Waals surface area contributed by atoms with E-state index in [0.717, 1.165) is 0 Å². The zero-order chi connectivity index (χ0) is 19.1. The van der Waals surface area contributed by atoms with Gasteiger partial charge in [0, 0.05) is 11.3 Å². The molecule has 0 fully saturated rings. The standard InChI is InChI=1S/C20H21N3O3/c1-13(2)18(20(25)22-16-6-4-5-14(11-16)12-21)23-19(24)15-7-9-17(26-3)10-8-15/h4-11,13,18H,1-3H3,(H,22,25)(H,23,24). The first-order valence-corrected chi connectivity index (χ1v) is 8.20. The average Bonchev–Trinajstić information content (AvgIpc) is 2.65. The van der Waals surface area contributed by atoms with Crippen LogP contribution < -0.4 is 15.4 Å². The fraction of sp³-hybridized carbons (Fsp3) is 0.250. The van der Waals surface area contributed by atoms with E-state index in [2.05, 4.69) is 10.6 Å². The van der Waals surface area contributed by atoms with E-state index in [4.69, 9.17) is 10.00 Å². The summed E-state index contributed by atoms with van der Waals surface area (Å²) in [6.07, 6.45) is 0. The van der Waals surface area contributed by atoms with Crippen molar-refractivity contribution in [1.82, 2.24) is 5.32 Å². The molecule has 2 N–H and O–H groups in total. The predicted molar refractivity (Wildman–Crippen MR) is 98.9 cm³/mol. The van der Waals surface area contributed by atoms with Crippen LogP contribution in [0.1, 0.15) is 29.8 Å². The molecule has 0 bridgehead atoms. The molecule has 0 aromatic heterocycles. The summed E-state index contributed by atoms with van der Waals surface area (Å²) in [5, 5.41) is 14.5. The van der Waals surface area contributed by atoms with Crippen molar-refractivity contribution in [1.29, 1.82) is 5.26 Å². The van der Waals surface area contributed by atoms with Gasteiger partial charge < -0.3 is 15.4 Å². The zero-order valence-corrected chi connectivity index (χ0v) is 14.9. The Morgan fingerprint density at radius 1 is 1.12 bits per heavy atom. The second-order valence-electron chi connectivity index (χ2n) is 6.11. The van der Waals surface area contributed by atoms with E-state index in [1.807, 2.05) is 19.9 Å². The molecular weight excluding hydrogens is 330 g/mol. The number of anilines is 1. The summed E-state index contributed by atoms with van der Waals surface area (Å²) in [6, 6.07) is 14.6. The van der Waals surface area contributed by atoms with E-state index in [9.17, 15) is 9.59 Å². The molecule has 134 valence electrons. The Morgan fingerprint density at radius 2 is 1.81 bits per heavy atom. The summed E-state index contributed by atoms with van der Waals surface area (Å²) in [7, 11) is 1.55. The molecule has 2 rings (SSSR count). The first-order valence-electron chi connectivity index (χ1n) is 8.20. The van der Waals surface area contributed by atoms with Crippen LogP contribution in [0.4, 0.5) is 5.69 Å². The van der Waals surface area contributed by atoms with Crippen molar-refractivity contribution in [3.63, 3.8) is 0 Å². The van der Waals surface area contributed by atoms with Crippen molar-refractivity contribution in [2.45, 2.75) is 19.9 Å². The third-order valence-corrected chi connectivity index (χ3v) is 3.85. The van der Waals surface area contributed by atoms with Crippen LogP contribution in [0.3, 0.4) is 0 Å². The smallest absolute Gasteiger partial charge is 0.251 e. The third-order valence-electron chi connectivity index (χ3n) is 3.85. The molecule has 2 amide bonds. The number of hydrogen-bond donors (Lipinski definition) is 2. The van der Waals surface area contributed by atoms with Gasteiger partial charge >= 0.3 is 0 Å². The van der Waals surface area contributed by atoms with Gasteiger partial charge in [-0.15, -0.1) is 0 Å². The highest BCUT2D eigenvalue weighted by atomic mass is 16.5. The molecule has 0 spiro atoms. The molecule has 0 heterocycles. The van der Waals surface area contributed by atoms with Gasteiger partial charge in [0.1, 0.15) is 11.8 Å². The van der Waals surface area contributed by atoms with Gasteiger partial charge in [0.05, 0.1) is 18.7 Å². The highest BCUT2D eigenvalue weighted by molar-refractivity contribution is 6.01. The first-order chi connectivity index (χ1) is 12.4. The lowest BCUT2D eigenvalue weighted by Gasteiger charge is -2.22. The molecule has 26 heavy (non-hydrogen) atoms. The molecular formula is C20H21N3O3. The second kappa shape index (κ2) is 8.67. The Kier molecular flexibility index (Phi) is 6.34. The van der Waals surface area contributed by atoms with E-state index in [-0.39, 0.29) is 17.7 Å². The number of carbonyl (C=O) groups is 2. The van der Waals surface area contributed by atoms with Gasteiger partial charge in [-0.2, -0.15) is 5.26 Å².